The molecule has 0 fully saturated rings. The largest absolute Gasteiger partial charge is 0.449 e. The first kappa shape index (κ1) is 21.9. The number of hydrogen-bond donors (Lipinski definition) is 1. The van der Waals surface area contributed by atoms with Gasteiger partial charge in [0.2, 0.25) is 0 Å². The van der Waals surface area contributed by atoms with Gasteiger partial charge >= 0.3 is 5.97 Å². The van der Waals surface area contributed by atoms with E-state index in [1.165, 1.54) is 0 Å². The molecule has 0 spiro atoms. The summed E-state index contributed by atoms with van der Waals surface area (Å²) >= 11 is 0. The Balaban J connectivity index is 1.64. The molecule has 7 heteroatoms. The predicted molar refractivity (Wildman–Crippen MR) is 123 cm³/mol. The van der Waals surface area contributed by atoms with Crippen LogP contribution >= 0.6 is 0 Å². The van der Waals surface area contributed by atoms with Gasteiger partial charge in [-0.2, -0.15) is 0 Å². The van der Waals surface area contributed by atoms with Gasteiger partial charge in [0.15, 0.2) is 6.10 Å². The monoisotopic (exact) mass is 432 g/mol. The molecule has 3 heterocycles. The Morgan fingerprint density at radius 2 is 1.94 bits per heavy atom. The molecule has 166 valence electrons. The standard InChI is InChI=1S/C25H28N4O3/c1-4-21(24(30)28-22-12-8-9-16(3)26-22)32-25(31)23-17-10-6-7-11-19(17)27-20-13-14-29(5-2)15-18(20)23/h6-12,21H,4-5,13-15H2,1-3H3,(H,26,28,30). The van der Waals surface area contributed by atoms with Crippen molar-refractivity contribution in [1.29, 1.82) is 0 Å². The van der Waals surface area contributed by atoms with Crippen LogP contribution in [0, 0.1) is 6.92 Å². The van der Waals surface area contributed by atoms with E-state index in [0.29, 0.717) is 24.3 Å². The fourth-order valence-corrected chi connectivity index (χ4v) is 4.08. The maximum absolute atomic E-state index is 13.4. The molecule has 1 aliphatic heterocycles. The first-order valence-electron chi connectivity index (χ1n) is 11.1. The maximum atomic E-state index is 13.4. The number of aryl methyl sites for hydroxylation is 1. The number of benzene rings is 1. The Morgan fingerprint density at radius 3 is 2.69 bits per heavy atom. The molecule has 1 aromatic carbocycles. The molecular formula is C25H28N4O3. The number of nitrogens with zero attached hydrogens (tertiary/aromatic N) is 3. The molecule has 0 radical (unpaired) electrons. The van der Waals surface area contributed by atoms with Crippen LogP contribution in [0.5, 0.6) is 0 Å². The summed E-state index contributed by atoms with van der Waals surface area (Å²) in [5.74, 6) is -0.437. The molecule has 1 N–H and O–H groups in total. The Bertz CT molecular complexity index is 1160. The van der Waals surface area contributed by atoms with Crippen molar-refractivity contribution < 1.29 is 14.3 Å². The summed E-state index contributed by atoms with van der Waals surface area (Å²) in [6.45, 7) is 8.22. The molecule has 1 aliphatic rings. The van der Waals surface area contributed by atoms with E-state index >= 15 is 0 Å². The van der Waals surface area contributed by atoms with Crippen molar-refractivity contribution >= 4 is 28.6 Å². The highest BCUT2D eigenvalue weighted by molar-refractivity contribution is 6.06. The number of amides is 1. The van der Waals surface area contributed by atoms with E-state index in [1.807, 2.05) is 50.2 Å². The normalized spacial score (nSPS) is 14.6. The Hall–Kier alpha value is -3.32. The number of pyridine rings is 2. The van der Waals surface area contributed by atoms with Crippen molar-refractivity contribution in [2.24, 2.45) is 0 Å². The smallest absolute Gasteiger partial charge is 0.340 e. The van der Waals surface area contributed by atoms with E-state index in [9.17, 15) is 9.59 Å². The molecule has 1 atom stereocenters. The zero-order valence-electron chi connectivity index (χ0n) is 18.7. The lowest BCUT2D eigenvalue weighted by Crippen LogP contribution is -2.35. The SMILES string of the molecule is CCC(OC(=O)c1c2c(nc3ccccc13)CCN(CC)C2)C(=O)Nc1cccc(C)n1. The van der Waals surface area contributed by atoms with Gasteiger partial charge in [0.1, 0.15) is 5.82 Å². The van der Waals surface area contributed by atoms with Crippen LogP contribution in [0.15, 0.2) is 42.5 Å². The number of esters is 1. The van der Waals surface area contributed by atoms with E-state index in [4.69, 9.17) is 9.72 Å². The Morgan fingerprint density at radius 1 is 1.12 bits per heavy atom. The van der Waals surface area contributed by atoms with E-state index in [2.05, 4.69) is 22.1 Å². The van der Waals surface area contributed by atoms with Gasteiger partial charge in [-0.1, -0.05) is 38.1 Å². The summed E-state index contributed by atoms with van der Waals surface area (Å²) in [6, 6.07) is 13.0. The van der Waals surface area contributed by atoms with Gasteiger partial charge in [-0.05, 0) is 38.1 Å². The third kappa shape index (κ3) is 4.48. The second-order valence-corrected chi connectivity index (χ2v) is 8.00. The van der Waals surface area contributed by atoms with Crippen LogP contribution in [0.3, 0.4) is 0 Å². The van der Waals surface area contributed by atoms with Gasteiger partial charge in [0, 0.05) is 41.8 Å². The lowest BCUT2D eigenvalue weighted by Gasteiger charge is -2.29. The quantitative estimate of drug-likeness (QED) is 0.595. The predicted octanol–water partition coefficient (Wildman–Crippen LogP) is 3.89. The lowest BCUT2D eigenvalue weighted by atomic mass is 9.95. The minimum Gasteiger partial charge on any atom is -0.449 e. The van der Waals surface area contributed by atoms with Crippen LogP contribution in [0.2, 0.25) is 0 Å². The molecule has 4 rings (SSSR count). The maximum Gasteiger partial charge on any atom is 0.340 e. The van der Waals surface area contributed by atoms with Crippen LogP contribution in [0.4, 0.5) is 5.82 Å². The molecular weight excluding hydrogens is 404 g/mol. The molecule has 1 unspecified atom stereocenters. The Kier molecular flexibility index (Phi) is 6.46. The molecule has 7 nitrogen and oxygen atoms in total. The zero-order valence-corrected chi connectivity index (χ0v) is 18.7. The fraction of sp³-hybridized carbons (Fsp3) is 0.360. The molecule has 0 saturated carbocycles. The van der Waals surface area contributed by atoms with Crippen LogP contribution < -0.4 is 5.32 Å². The number of likely N-dealkylation sites (N-methyl/N-ethyl adjacent to an activating group) is 1. The highest BCUT2D eigenvalue weighted by Gasteiger charge is 2.29. The Labute approximate surface area is 187 Å². The lowest BCUT2D eigenvalue weighted by molar-refractivity contribution is -0.124. The van der Waals surface area contributed by atoms with Crippen LogP contribution in [0.1, 0.15) is 47.6 Å². The van der Waals surface area contributed by atoms with Gasteiger partial charge < -0.3 is 10.1 Å². The van der Waals surface area contributed by atoms with Crippen molar-refractivity contribution in [2.45, 2.75) is 46.3 Å². The second kappa shape index (κ2) is 9.44. The second-order valence-electron chi connectivity index (χ2n) is 8.00. The first-order valence-corrected chi connectivity index (χ1v) is 11.1. The van der Waals surface area contributed by atoms with Crippen molar-refractivity contribution in [3.05, 3.63) is 65.0 Å². The molecule has 32 heavy (non-hydrogen) atoms. The number of nitrogens with one attached hydrogen (secondary N) is 1. The van der Waals surface area contributed by atoms with E-state index in [-0.39, 0.29) is 5.91 Å². The van der Waals surface area contributed by atoms with Crippen LogP contribution in [0.25, 0.3) is 10.9 Å². The minimum atomic E-state index is -0.918. The average Bonchev–Trinajstić information content (AvgIpc) is 2.80. The number of rotatable bonds is 6. The van der Waals surface area contributed by atoms with E-state index < -0.39 is 12.1 Å². The minimum absolute atomic E-state index is 0.357. The van der Waals surface area contributed by atoms with E-state index in [0.717, 1.165) is 47.4 Å². The van der Waals surface area contributed by atoms with Crippen molar-refractivity contribution in [3.8, 4) is 0 Å². The third-order valence-corrected chi connectivity index (χ3v) is 5.83. The van der Waals surface area contributed by atoms with Crippen LogP contribution in [-0.2, 0) is 22.5 Å². The molecule has 0 saturated heterocycles. The van der Waals surface area contributed by atoms with Gasteiger partial charge in [-0.3, -0.25) is 14.7 Å². The van der Waals surface area contributed by atoms with Gasteiger partial charge in [-0.15, -0.1) is 0 Å². The number of carbonyl (C=O) groups is 2. The molecule has 0 aliphatic carbocycles. The van der Waals surface area contributed by atoms with Gasteiger partial charge in [0.05, 0.1) is 11.1 Å². The zero-order chi connectivity index (χ0) is 22.7. The number of ether oxygens (including phenoxy) is 1. The first-order chi connectivity index (χ1) is 15.5. The van der Waals surface area contributed by atoms with Crippen molar-refractivity contribution in [2.75, 3.05) is 18.4 Å². The number of hydrogen-bond acceptors (Lipinski definition) is 6. The third-order valence-electron chi connectivity index (χ3n) is 5.83. The van der Waals surface area contributed by atoms with Crippen molar-refractivity contribution in [3.63, 3.8) is 0 Å². The summed E-state index contributed by atoms with van der Waals surface area (Å²) < 4.78 is 5.77. The van der Waals surface area contributed by atoms with Crippen LogP contribution in [-0.4, -0.2) is 45.9 Å². The summed E-state index contributed by atoms with van der Waals surface area (Å²) in [6.07, 6.45) is 0.221. The molecule has 3 aromatic rings. The number of aromatic nitrogens is 2. The molecule has 2 aromatic heterocycles. The van der Waals surface area contributed by atoms with E-state index in [1.54, 1.807) is 6.07 Å². The highest BCUT2D eigenvalue weighted by Crippen LogP contribution is 2.29. The number of carbonyl (C=O) groups excluding carboxylic acids is 2. The fourth-order valence-electron chi connectivity index (χ4n) is 4.08. The number of para-hydroxylation sites is 1. The highest BCUT2D eigenvalue weighted by atomic mass is 16.5. The summed E-state index contributed by atoms with van der Waals surface area (Å²) in [4.78, 5) is 37.6. The topological polar surface area (TPSA) is 84.4 Å². The van der Waals surface area contributed by atoms with Gasteiger partial charge in [-0.25, -0.2) is 9.78 Å². The average molecular weight is 433 g/mol. The van der Waals surface area contributed by atoms with Gasteiger partial charge in [0.25, 0.3) is 5.91 Å². The summed E-state index contributed by atoms with van der Waals surface area (Å²) in [5.41, 5.74) is 3.91. The summed E-state index contributed by atoms with van der Waals surface area (Å²) in [5, 5.41) is 3.51. The molecule has 0 bridgehead atoms. The van der Waals surface area contributed by atoms with Crippen molar-refractivity contribution in [1.82, 2.24) is 14.9 Å². The number of fused-ring (bicyclic) bond motifs is 2. The number of anilines is 1. The molecule has 1 amide bonds. The summed E-state index contributed by atoms with van der Waals surface area (Å²) in [7, 11) is 0.